The molecule has 19 heavy (non-hydrogen) atoms. The molecule has 0 radical (unpaired) electrons. The normalized spacial score (nSPS) is 15.2. The summed E-state index contributed by atoms with van der Waals surface area (Å²) in [5.41, 5.74) is 7.08. The van der Waals surface area contributed by atoms with E-state index in [1.807, 2.05) is 60.4 Å². The van der Waals surface area contributed by atoms with Crippen molar-refractivity contribution < 1.29 is 4.79 Å². The zero-order valence-corrected chi connectivity index (χ0v) is 11.8. The van der Waals surface area contributed by atoms with Gasteiger partial charge >= 0.3 is 0 Å². The predicted octanol–water partition coefficient (Wildman–Crippen LogP) is 1.85. The highest BCUT2D eigenvalue weighted by Gasteiger charge is 2.21. The number of hydrogen-bond donors (Lipinski definition) is 1. The molecule has 0 fully saturated rings. The van der Waals surface area contributed by atoms with Crippen LogP contribution in [-0.4, -0.2) is 10.5 Å². The number of nitrogens with two attached hydrogens (primary N) is 1. The highest BCUT2D eigenvalue weighted by atomic mass is 32.1. The molecular formula is C14H17N3OS. The third kappa shape index (κ3) is 3.19. The molecule has 1 amide bonds. The largest absolute Gasteiger partial charge is 0.327 e. The van der Waals surface area contributed by atoms with Crippen molar-refractivity contribution in [3.8, 4) is 0 Å². The summed E-state index contributed by atoms with van der Waals surface area (Å²) in [6.45, 7) is 1.82. The maximum Gasteiger partial charge on any atom is 0.253 e. The molecular weight excluding hydrogens is 258 g/mol. The molecule has 2 rings (SSSR count). The standard InChI is InChI=1S/C14H17N3OS/c1-10(12(15)11-6-4-3-5-7-11)13(18)16-14-17(2)8-9-19-14/h3-10,12H,15H2,1-2H3. The van der Waals surface area contributed by atoms with Gasteiger partial charge in [0.15, 0.2) is 4.80 Å². The third-order valence-corrected chi connectivity index (χ3v) is 3.93. The van der Waals surface area contributed by atoms with E-state index < -0.39 is 0 Å². The minimum absolute atomic E-state index is 0.186. The minimum atomic E-state index is -0.343. The summed E-state index contributed by atoms with van der Waals surface area (Å²) in [4.78, 5) is 16.9. The van der Waals surface area contributed by atoms with E-state index in [1.54, 1.807) is 0 Å². The van der Waals surface area contributed by atoms with Crippen molar-refractivity contribution >= 4 is 17.2 Å². The monoisotopic (exact) mass is 275 g/mol. The van der Waals surface area contributed by atoms with Gasteiger partial charge in [0.1, 0.15) is 0 Å². The highest BCUT2D eigenvalue weighted by Crippen LogP contribution is 2.19. The number of hydrogen-bond acceptors (Lipinski definition) is 3. The molecule has 2 unspecified atom stereocenters. The highest BCUT2D eigenvalue weighted by molar-refractivity contribution is 7.07. The number of rotatable bonds is 3. The first-order valence-corrected chi connectivity index (χ1v) is 6.97. The number of nitrogens with zero attached hydrogens (tertiary/aromatic N) is 2. The Hall–Kier alpha value is -1.72. The Labute approximate surface area is 116 Å². The van der Waals surface area contributed by atoms with Crippen LogP contribution in [-0.2, 0) is 11.8 Å². The van der Waals surface area contributed by atoms with E-state index >= 15 is 0 Å². The Bertz CT molecular complexity index is 615. The fourth-order valence-electron chi connectivity index (χ4n) is 1.75. The number of benzene rings is 1. The van der Waals surface area contributed by atoms with Gasteiger partial charge in [0, 0.05) is 24.7 Å². The molecule has 0 aliphatic heterocycles. The summed E-state index contributed by atoms with van der Waals surface area (Å²) < 4.78 is 1.82. The first kappa shape index (κ1) is 13.7. The molecule has 5 heteroatoms. The van der Waals surface area contributed by atoms with Gasteiger partial charge in [-0.2, -0.15) is 4.99 Å². The third-order valence-electron chi connectivity index (χ3n) is 3.08. The van der Waals surface area contributed by atoms with E-state index in [0.29, 0.717) is 4.80 Å². The summed E-state index contributed by atoms with van der Waals surface area (Å²) >= 11 is 1.44. The van der Waals surface area contributed by atoms with Crippen molar-refractivity contribution in [3.63, 3.8) is 0 Å². The molecule has 0 saturated carbocycles. The van der Waals surface area contributed by atoms with Crippen molar-refractivity contribution in [2.75, 3.05) is 0 Å². The number of aryl methyl sites for hydroxylation is 1. The van der Waals surface area contributed by atoms with E-state index in [4.69, 9.17) is 5.73 Å². The van der Waals surface area contributed by atoms with Crippen LogP contribution in [0.1, 0.15) is 18.5 Å². The van der Waals surface area contributed by atoms with Gasteiger partial charge in [0.25, 0.3) is 5.91 Å². The molecule has 0 aliphatic rings. The lowest BCUT2D eigenvalue weighted by Crippen LogP contribution is -2.26. The number of carbonyl (C=O) groups is 1. The van der Waals surface area contributed by atoms with E-state index in [0.717, 1.165) is 5.56 Å². The molecule has 2 atom stereocenters. The zero-order valence-electron chi connectivity index (χ0n) is 11.0. The average molecular weight is 275 g/mol. The fourth-order valence-corrected chi connectivity index (χ4v) is 2.48. The summed E-state index contributed by atoms with van der Waals surface area (Å²) in [7, 11) is 1.87. The summed E-state index contributed by atoms with van der Waals surface area (Å²) in [6.07, 6.45) is 1.87. The predicted molar refractivity (Wildman–Crippen MR) is 76.4 cm³/mol. The van der Waals surface area contributed by atoms with Crippen LogP contribution in [0.25, 0.3) is 0 Å². The first-order valence-electron chi connectivity index (χ1n) is 6.09. The minimum Gasteiger partial charge on any atom is -0.327 e. The average Bonchev–Trinajstić information content (AvgIpc) is 2.83. The van der Waals surface area contributed by atoms with E-state index in [-0.39, 0.29) is 17.9 Å². The Kier molecular flexibility index (Phi) is 4.29. The molecule has 0 aliphatic carbocycles. The van der Waals surface area contributed by atoms with Crippen LogP contribution < -0.4 is 10.5 Å². The molecule has 100 valence electrons. The second kappa shape index (κ2) is 5.95. The van der Waals surface area contributed by atoms with Gasteiger partial charge in [-0.1, -0.05) is 37.3 Å². The maximum atomic E-state index is 12.1. The van der Waals surface area contributed by atoms with Gasteiger partial charge in [-0.15, -0.1) is 11.3 Å². The van der Waals surface area contributed by atoms with E-state index in [2.05, 4.69) is 4.99 Å². The Morgan fingerprint density at radius 3 is 2.63 bits per heavy atom. The summed E-state index contributed by atoms with van der Waals surface area (Å²) in [5, 5.41) is 1.90. The van der Waals surface area contributed by atoms with Gasteiger partial charge in [-0.05, 0) is 5.56 Å². The molecule has 1 heterocycles. The summed E-state index contributed by atoms with van der Waals surface area (Å²) in [6, 6.07) is 9.30. The second-order valence-corrected chi connectivity index (χ2v) is 5.34. The van der Waals surface area contributed by atoms with Crippen LogP contribution in [0.3, 0.4) is 0 Å². The van der Waals surface area contributed by atoms with Crippen LogP contribution in [0.2, 0.25) is 0 Å². The lowest BCUT2D eigenvalue weighted by molar-refractivity contribution is -0.122. The van der Waals surface area contributed by atoms with Crippen molar-refractivity contribution in [1.82, 2.24) is 4.57 Å². The molecule has 2 aromatic rings. The molecule has 0 bridgehead atoms. The number of amides is 1. The van der Waals surface area contributed by atoms with Gasteiger partial charge in [0.2, 0.25) is 0 Å². The van der Waals surface area contributed by atoms with Gasteiger partial charge in [0.05, 0.1) is 5.92 Å². The SMILES string of the molecule is CC(C(=O)N=c1sccn1C)C(N)c1ccccc1. The first-order chi connectivity index (χ1) is 9.09. The molecule has 1 aromatic heterocycles. The van der Waals surface area contributed by atoms with Crippen LogP contribution in [0.4, 0.5) is 0 Å². The Balaban J connectivity index is 2.19. The molecule has 0 spiro atoms. The number of thiazole rings is 1. The Morgan fingerprint density at radius 2 is 2.05 bits per heavy atom. The van der Waals surface area contributed by atoms with Crippen molar-refractivity contribution in [3.05, 3.63) is 52.3 Å². The maximum absolute atomic E-state index is 12.1. The van der Waals surface area contributed by atoms with Gasteiger partial charge in [-0.25, -0.2) is 0 Å². The quantitative estimate of drug-likeness (QED) is 0.929. The number of aromatic nitrogens is 1. The molecule has 2 N–H and O–H groups in total. The van der Waals surface area contributed by atoms with Crippen LogP contribution in [0.15, 0.2) is 46.9 Å². The van der Waals surface area contributed by atoms with Crippen molar-refractivity contribution in [2.45, 2.75) is 13.0 Å². The molecule has 1 aromatic carbocycles. The molecule has 4 nitrogen and oxygen atoms in total. The van der Waals surface area contributed by atoms with Crippen LogP contribution in [0, 0.1) is 5.92 Å². The van der Waals surface area contributed by atoms with Crippen LogP contribution in [0.5, 0.6) is 0 Å². The van der Waals surface area contributed by atoms with Crippen LogP contribution >= 0.6 is 11.3 Å². The van der Waals surface area contributed by atoms with E-state index in [9.17, 15) is 4.79 Å². The smallest absolute Gasteiger partial charge is 0.253 e. The van der Waals surface area contributed by atoms with Gasteiger partial charge < -0.3 is 10.3 Å². The number of carbonyl (C=O) groups excluding carboxylic acids is 1. The second-order valence-electron chi connectivity index (χ2n) is 4.47. The fraction of sp³-hybridized carbons (Fsp3) is 0.286. The topological polar surface area (TPSA) is 60.4 Å². The zero-order chi connectivity index (χ0) is 13.8. The van der Waals surface area contributed by atoms with E-state index in [1.165, 1.54) is 11.3 Å². The molecule has 0 saturated heterocycles. The summed E-state index contributed by atoms with van der Waals surface area (Å²) in [5.74, 6) is -0.529. The van der Waals surface area contributed by atoms with Gasteiger partial charge in [-0.3, -0.25) is 4.79 Å². The van der Waals surface area contributed by atoms with Crippen molar-refractivity contribution in [1.29, 1.82) is 0 Å². The lowest BCUT2D eigenvalue weighted by Gasteiger charge is -2.16. The van der Waals surface area contributed by atoms with Crippen molar-refractivity contribution in [2.24, 2.45) is 23.7 Å². The Morgan fingerprint density at radius 1 is 1.37 bits per heavy atom. The lowest BCUT2D eigenvalue weighted by atomic mass is 9.95.